The third kappa shape index (κ3) is 2.86. The molecule has 4 heteroatoms. The lowest BCUT2D eigenvalue weighted by Crippen LogP contribution is -2.05. The summed E-state index contributed by atoms with van der Waals surface area (Å²) in [6.45, 7) is 0. The number of aryl methyl sites for hydroxylation is 1. The summed E-state index contributed by atoms with van der Waals surface area (Å²) in [4.78, 5) is 19.6. The fourth-order valence-electron chi connectivity index (χ4n) is 2.82. The molecule has 0 saturated heterocycles. The molecule has 0 spiro atoms. The minimum atomic E-state index is -0.386. The van der Waals surface area contributed by atoms with Crippen molar-refractivity contribution in [2.24, 2.45) is 4.99 Å². The van der Waals surface area contributed by atoms with E-state index in [1.807, 2.05) is 48.7 Å². The number of carbonyl (C=O) groups excluding carboxylic acids is 1. The fraction of sp³-hybridized carbons (Fsp3) is 0.100. The number of aromatic nitrogens is 1. The first-order valence-corrected chi connectivity index (χ1v) is 7.91. The Bertz CT molecular complexity index is 952. The van der Waals surface area contributed by atoms with E-state index in [2.05, 4.69) is 22.1 Å². The SMILES string of the molecule is O=C1OC(CCc2ccccc2)=N/C1=C/c1c[nH]c2ccccc12. The second-order valence-corrected chi connectivity index (χ2v) is 5.70. The fourth-order valence-corrected chi connectivity index (χ4v) is 2.82. The number of nitrogens with one attached hydrogen (secondary N) is 1. The van der Waals surface area contributed by atoms with Crippen molar-refractivity contribution < 1.29 is 9.53 Å². The van der Waals surface area contributed by atoms with Gasteiger partial charge in [-0.25, -0.2) is 9.79 Å². The minimum absolute atomic E-state index is 0.350. The van der Waals surface area contributed by atoms with Gasteiger partial charge in [0.2, 0.25) is 0 Å². The molecular formula is C20H16N2O2. The number of carbonyl (C=O) groups is 1. The van der Waals surface area contributed by atoms with Crippen LogP contribution in [0.2, 0.25) is 0 Å². The van der Waals surface area contributed by atoms with E-state index in [1.165, 1.54) is 5.56 Å². The molecule has 0 amide bonds. The van der Waals surface area contributed by atoms with Gasteiger partial charge in [-0.15, -0.1) is 0 Å². The summed E-state index contributed by atoms with van der Waals surface area (Å²) < 4.78 is 5.29. The summed E-state index contributed by atoms with van der Waals surface area (Å²) in [7, 11) is 0. The highest BCUT2D eigenvalue weighted by Crippen LogP contribution is 2.23. The summed E-state index contributed by atoms with van der Waals surface area (Å²) in [6, 6.07) is 18.1. The van der Waals surface area contributed by atoms with Gasteiger partial charge in [-0.05, 0) is 24.1 Å². The van der Waals surface area contributed by atoms with E-state index in [-0.39, 0.29) is 5.97 Å². The first-order valence-electron chi connectivity index (χ1n) is 7.91. The molecule has 0 aliphatic carbocycles. The smallest absolute Gasteiger partial charge is 0.363 e. The number of para-hydroxylation sites is 1. The van der Waals surface area contributed by atoms with Gasteiger partial charge in [-0.3, -0.25) is 0 Å². The van der Waals surface area contributed by atoms with Gasteiger partial charge >= 0.3 is 5.97 Å². The molecule has 1 aliphatic heterocycles. The maximum Gasteiger partial charge on any atom is 0.363 e. The maximum atomic E-state index is 12.0. The monoisotopic (exact) mass is 316 g/mol. The van der Waals surface area contributed by atoms with Crippen LogP contribution in [0.15, 0.2) is 71.5 Å². The lowest BCUT2D eigenvalue weighted by molar-refractivity contribution is -0.130. The average molecular weight is 316 g/mol. The predicted octanol–water partition coefficient (Wildman–Crippen LogP) is 4.10. The quantitative estimate of drug-likeness (QED) is 0.582. The first kappa shape index (κ1) is 14.5. The van der Waals surface area contributed by atoms with Crippen LogP contribution < -0.4 is 0 Å². The largest absolute Gasteiger partial charge is 0.407 e. The summed E-state index contributed by atoms with van der Waals surface area (Å²) in [6.07, 6.45) is 5.06. The molecule has 0 fully saturated rings. The Hall–Kier alpha value is -3.14. The minimum Gasteiger partial charge on any atom is -0.407 e. The van der Waals surface area contributed by atoms with E-state index in [9.17, 15) is 4.79 Å². The summed E-state index contributed by atoms with van der Waals surface area (Å²) in [5, 5.41) is 1.06. The zero-order valence-electron chi connectivity index (χ0n) is 13.0. The molecule has 0 unspecified atom stereocenters. The van der Waals surface area contributed by atoms with E-state index in [4.69, 9.17) is 4.74 Å². The van der Waals surface area contributed by atoms with Gasteiger partial charge < -0.3 is 9.72 Å². The van der Waals surface area contributed by atoms with Crippen molar-refractivity contribution in [3.8, 4) is 0 Å². The van der Waals surface area contributed by atoms with E-state index in [1.54, 1.807) is 6.08 Å². The third-order valence-electron chi connectivity index (χ3n) is 4.05. The normalized spacial score (nSPS) is 15.8. The van der Waals surface area contributed by atoms with E-state index in [0.717, 1.165) is 22.9 Å². The van der Waals surface area contributed by atoms with Crippen molar-refractivity contribution in [3.63, 3.8) is 0 Å². The van der Waals surface area contributed by atoms with Crippen molar-refractivity contribution in [2.75, 3.05) is 0 Å². The Morgan fingerprint density at radius 2 is 1.79 bits per heavy atom. The van der Waals surface area contributed by atoms with Gasteiger partial charge in [-0.2, -0.15) is 0 Å². The van der Waals surface area contributed by atoms with Gasteiger partial charge in [0.25, 0.3) is 0 Å². The number of hydrogen-bond donors (Lipinski definition) is 1. The molecule has 1 N–H and O–H groups in total. The molecule has 2 heterocycles. The first-order chi connectivity index (χ1) is 11.8. The van der Waals surface area contributed by atoms with Crippen LogP contribution in [0.3, 0.4) is 0 Å². The number of nitrogens with zero attached hydrogens (tertiary/aromatic N) is 1. The van der Waals surface area contributed by atoms with Crippen LogP contribution in [0.25, 0.3) is 17.0 Å². The Morgan fingerprint density at radius 3 is 2.67 bits per heavy atom. The molecule has 0 atom stereocenters. The molecule has 4 nitrogen and oxygen atoms in total. The lowest BCUT2D eigenvalue weighted by atomic mass is 10.1. The number of hydrogen-bond acceptors (Lipinski definition) is 3. The molecular weight excluding hydrogens is 300 g/mol. The highest BCUT2D eigenvalue weighted by Gasteiger charge is 2.22. The second kappa shape index (κ2) is 6.16. The van der Waals surface area contributed by atoms with Crippen molar-refractivity contribution in [1.29, 1.82) is 0 Å². The van der Waals surface area contributed by atoms with Gasteiger partial charge in [0, 0.05) is 29.1 Å². The van der Waals surface area contributed by atoms with E-state index < -0.39 is 0 Å². The maximum absolute atomic E-state index is 12.0. The Kier molecular flexibility index (Phi) is 3.71. The van der Waals surface area contributed by atoms with Gasteiger partial charge in [0.1, 0.15) is 0 Å². The summed E-state index contributed by atoms with van der Waals surface area (Å²) in [5.41, 5.74) is 3.52. The number of esters is 1. The molecule has 24 heavy (non-hydrogen) atoms. The molecule has 118 valence electrons. The number of ether oxygens (including phenoxy) is 1. The Morgan fingerprint density at radius 1 is 1.00 bits per heavy atom. The highest BCUT2D eigenvalue weighted by atomic mass is 16.6. The number of cyclic esters (lactones) is 1. The van der Waals surface area contributed by atoms with E-state index >= 15 is 0 Å². The number of benzene rings is 2. The Balaban J connectivity index is 1.55. The van der Waals surface area contributed by atoms with Crippen LogP contribution in [0.5, 0.6) is 0 Å². The zero-order valence-corrected chi connectivity index (χ0v) is 13.0. The van der Waals surface area contributed by atoms with Gasteiger partial charge in [-0.1, -0.05) is 48.5 Å². The van der Waals surface area contributed by atoms with Crippen LogP contribution in [0, 0.1) is 0 Å². The van der Waals surface area contributed by atoms with E-state index in [0.29, 0.717) is 18.0 Å². The van der Waals surface area contributed by atoms with Crippen LogP contribution >= 0.6 is 0 Å². The Labute approximate surface area is 139 Å². The molecule has 2 aromatic carbocycles. The van der Waals surface area contributed by atoms with Crippen molar-refractivity contribution in [3.05, 3.63) is 77.6 Å². The highest BCUT2D eigenvalue weighted by molar-refractivity contribution is 6.08. The number of aliphatic imine (C=N–C) groups is 1. The number of fused-ring (bicyclic) bond motifs is 1. The molecule has 0 radical (unpaired) electrons. The average Bonchev–Trinajstić information content (AvgIpc) is 3.18. The number of aromatic amines is 1. The number of H-pyrrole nitrogens is 1. The molecule has 3 aromatic rings. The lowest BCUT2D eigenvalue weighted by Gasteiger charge is -1.99. The van der Waals surface area contributed by atoms with Crippen LogP contribution in [0.4, 0.5) is 0 Å². The molecule has 1 aromatic heterocycles. The van der Waals surface area contributed by atoms with Crippen molar-refractivity contribution in [2.45, 2.75) is 12.8 Å². The van der Waals surface area contributed by atoms with Crippen LogP contribution in [-0.4, -0.2) is 16.9 Å². The molecule has 1 aliphatic rings. The molecule has 0 saturated carbocycles. The summed E-state index contributed by atoms with van der Waals surface area (Å²) >= 11 is 0. The van der Waals surface area contributed by atoms with Gasteiger partial charge in [0.05, 0.1) is 0 Å². The standard InChI is InChI=1S/C20H16N2O2/c23-20-18(12-15-13-21-17-9-5-4-8-16(15)17)22-19(24-20)11-10-14-6-2-1-3-7-14/h1-9,12-13,21H,10-11H2/b18-12+. The van der Waals surface area contributed by atoms with Crippen molar-refractivity contribution in [1.82, 2.24) is 4.98 Å². The summed E-state index contributed by atoms with van der Waals surface area (Å²) in [5.74, 6) is 0.0956. The molecule has 0 bridgehead atoms. The number of rotatable bonds is 4. The topological polar surface area (TPSA) is 54.4 Å². The predicted molar refractivity (Wildman–Crippen MR) is 94.6 cm³/mol. The second-order valence-electron chi connectivity index (χ2n) is 5.70. The third-order valence-corrected chi connectivity index (χ3v) is 4.05. The van der Waals surface area contributed by atoms with Crippen molar-refractivity contribution >= 4 is 28.8 Å². The zero-order chi connectivity index (χ0) is 16.4. The van der Waals surface area contributed by atoms with Crippen LogP contribution in [0.1, 0.15) is 17.5 Å². The van der Waals surface area contributed by atoms with Gasteiger partial charge in [0.15, 0.2) is 11.6 Å². The molecule has 4 rings (SSSR count). The van der Waals surface area contributed by atoms with Crippen LogP contribution in [-0.2, 0) is 16.0 Å².